The van der Waals surface area contributed by atoms with E-state index in [2.05, 4.69) is 20.8 Å². The first-order valence-corrected chi connectivity index (χ1v) is 15.1. The molecule has 44 heavy (non-hydrogen) atoms. The quantitative estimate of drug-likeness (QED) is 0.228. The summed E-state index contributed by atoms with van der Waals surface area (Å²) in [7, 11) is 0. The molecular weight excluding hydrogens is 564 g/mol. The SMILES string of the molecule is O=C(O)c1ccccc1C(=O)NCc1cc(C[C@H]2CNCC[C@H]2CC(=O)N2CCC(n3c(=O)[nH]c4ccccc43)CC2)no1. The fourth-order valence-corrected chi connectivity index (χ4v) is 6.58. The van der Waals surface area contributed by atoms with E-state index < -0.39 is 11.9 Å². The first-order valence-electron chi connectivity index (χ1n) is 15.1. The fourth-order valence-electron chi connectivity index (χ4n) is 6.58. The number of likely N-dealkylation sites (tertiary alicyclic amines) is 1. The van der Waals surface area contributed by atoms with E-state index in [4.69, 9.17) is 4.52 Å². The summed E-state index contributed by atoms with van der Waals surface area (Å²) in [5, 5.41) is 19.7. The number of aromatic amines is 1. The zero-order valence-corrected chi connectivity index (χ0v) is 24.3. The standard InChI is InChI=1S/C32H36N6O6/c39-29(37-13-10-23(11-14-37)38-28-8-4-3-7-27(28)35-32(38)43)16-20-9-12-33-18-21(20)15-22-17-24(44-36-22)19-34-30(40)25-5-1-2-6-26(25)31(41)42/h1-8,17,20-21,23,33H,9-16,18-19H2,(H,34,40)(H,35,43)(H,41,42)/t20-,21-/m0/s1. The number of aromatic nitrogens is 3. The van der Waals surface area contributed by atoms with E-state index in [-0.39, 0.29) is 47.1 Å². The first-order chi connectivity index (χ1) is 21.4. The molecule has 2 saturated heterocycles. The maximum Gasteiger partial charge on any atom is 0.336 e. The Hall–Kier alpha value is -4.71. The number of H-pyrrole nitrogens is 1. The van der Waals surface area contributed by atoms with Crippen LogP contribution in [0.25, 0.3) is 11.0 Å². The molecule has 4 heterocycles. The van der Waals surface area contributed by atoms with Crippen LogP contribution in [-0.4, -0.2) is 68.7 Å². The lowest BCUT2D eigenvalue weighted by atomic mass is 9.81. The second kappa shape index (κ2) is 12.9. The van der Waals surface area contributed by atoms with Crippen LogP contribution in [0, 0.1) is 11.8 Å². The van der Waals surface area contributed by atoms with Gasteiger partial charge < -0.3 is 30.1 Å². The number of fused-ring (bicyclic) bond motifs is 1. The van der Waals surface area contributed by atoms with Gasteiger partial charge in [0.05, 0.1) is 34.4 Å². The topological polar surface area (TPSA) is 163 Å². The average molecular weight is 601 g/mol. The number of para-hydroxylation sites is 2. The van der Waals surface area contributed by atoms with Crippen LogP contribution < -0.4 is 16.3 Å². The van der Waals surface area contributed by atoms with Gasteiger partial charge in [0.1, 0.15) is 0 Å². The zero-order chi connectivity index (χ0) is 30.6. The number of nitrogens with zero attached hydrogens (tertiary/aromatic N) is 3. The van der Waals surface area contributed by atoms with Crippen molar-refractivity contribution < 1.29 is 24.0 Å². The van der Waals surface area contributed by atoms with Gasteiger partial charge in [-0.15, -0.1) is 0 Å². The van der Waals surface area contributed by atoms with Gasteiger partial charge in [0, 0.05) is 31.6 Å². The van der Waals surface area contributed by atoms with Gasteiger partial charge in [0.25, 0.3) is 5.91 Å². The molecule has 0 radical (unpaired) electrons. The minimum absolute atomic E-state index is 0.0624. The van der Waals surface area contributed by atoms with Gasteiger partial charge in [-0.25, -0.2) is 9.59 Å². The van der Waals surface area contributed by atoms with Gasteiger partial charge in [0.2, 0.25) is 5.91 Å². The molecule has 0 bridgehead atoms. The Balaban J connectivity index is 1.02. The van der Waals surface area contributed by atoms with Crippen LogP contribution in [0.5, 0.6) is 0 Å². The third-order valence-corrected chi connectivity index (χ3v) is 8.91. The molecule has 230 valence electrons. The molecule has 6 rings (SSSR count). The molecule has 2 aliphatic rings. The summed E-state index contributed by atoms with van der Waals surface area (Å²) in [6.07, 6.45) is 3.47. The third kappa shape index (κ3) is 6.30. The van der Waals surface area contributed by atoms with Crippen molar-refractivity contribution in [2.45, 2.75) is 44.7 Å². The Morgan fingerprint density at radius 2 is 1.75 bits per heavy atom. The predicted molar refractivity (Wildman–Crippen MR) is 161 cm³/mol. The number of piperidine rings is 2. The molecule has 2 amide bonds. The van der Waals surface area contributed by atoms with E-state index in [0.717, 1.165) is 49.1 Å². The van der Waals surface area contributed by atoms with Crippen LogP contribution in [0.15, 0.2) is 63.9 Å². The Labute approximate surface area is 253 Å². The van der Waals surface area contributed by atoms with Gasteiger partial charge >= 0.3 is 11.7 Å². The molecule has 0 aliphatic carbocycles. The van der Waals surface area contributed by atoms with Gasteiger partial charge in [-0.3, -0.25) is 14.2 Å². The van der Waals surface area contributed by atoms with Crippen molar-refractivity contribution in [2.75, 3.05) is 26.2 Å². The average Bonchev–Trinajstić information content (AvgIpc) is 3.63. The van der Waals surface area contributed by atoms with E-state index in [1.807, 2.05) is 33.7 Å². The molecule has 2 atom stereocenters. The number of hydrogen-bond acceptors (Lipinski definition) is 7. The maximum absolute atomic E-state index is 13.4. The normalized spacial score (nSPS) is 19.2. The van der Waals surface area contributed by atoms with Crippen molar-refractivity contribution in [3.63, 3.8) is 0 Å². The van der Waals surface area contributed by atoms with Crippen LogP contribution in [0.3, 0.4) is 0 Å². The number of aromatic carboxylic acids is 1. The Bertz CT molecular complexity index is 1720. The van der Waals surface area contributed by atoms with Gasteiger partial charge in [-0.1, -0.05) is 29.4 Å². The van der Waals surface area contributed by atoms with Crippen molar-refractivity contribution >= 4 is 28.8 Å². The summed E-state index contributed by atoms with van der Waals surface area (Å²) in [6.45, 7) is 2.95. The molecule has 0 saturated carbocycles. The molecule has 2 aromatic carbocycles. The molecule has 0 spiro atoms. The highest BCUT2D eigenvalue weighted by Crippen LogP contribution is 2.29. The Kier molecular flexibility index (Phi) is 8.60. The second-order valence-corrected chi connectivity index (χ2v) is 11.7. The van der Waals surface area contributed by atoms with E-state index in [9.17, 15) is 24.3 Å². The van der Waals surface area contributed by atoms with Crippen LogP contribution in [-0.2, 0) is 17.8 Å². The summed E-state index contributed by atoms with van der Waals surface area (Å²) in [5.41, 5.74) is 2.39. The molecule has 2 aromatic heterocycles. The summed E-state index contributed by atoms with van der Waals surface area (Å²) >= 11 is 0. The summed E-state index contributed by atoms with van der Waals surface area (Å²) < 4.78 is 7.29. The Morgan fingerprint density at radius 3 is 2.55 bits per heavy atom. The summed E-state index contributed by atoms with van der Waals surface area (Å²) in [4.78, 5) is 54.9. The number of amides is 2. The molecule has 2 aliphatic heterocycles. The molecule has 4 N–H and O–H groups in total. The molecule has 0 unspecified atom stereocenters. The van der Waals surface area contributed by atoms with Gasteiger partial charge in [-0.2, -0.15) is 0 Å². The number of benzene rings is 2. The number of rotatable bonds is 9. The van der Waals surface area contributed by atoms with Crippen molar-refractivity contribution in [3.8, 4) is 0 Å². The maximum atomic E-state index is 13.4. The van der Waals surface area contributed by atoms with Crippen LogP contribution >= 0.6 is 0 Å². The first kappa shape index (κ1) is 29.4. The van der Waals surface area contributed by atoms with Crippen molar-refractivity contribution in [2.24, 2.45) is 11.8 Å². The lowest BCUT2D eigenvalue weighted by molar-refractivity contribution is -0.134. The molecule has 12 nitrogen and oxygen atoms in total. The number of carbonyl (C=O) groups excluding carboxylic acids is 2. The summed E-state index contributed by atoms with van der Waals surface area (Å²) in [6, 6.07) is 15.6. The third-order valence-electron chi connectivity index (χ3n) is 8.91. The highest BCUT2D eigenvalue weighted by molar-refractivity contribution is 6.04. The largest absolute Gasteiger partial charge is 0.478 e. The number of hydrogen-bond donors (Lipinski definition) is 4. The molecular formula is C32H36N6O6. The smallest absolute Gasteiger partial charge is 0.336 e. The van der Waals surface area contributed by atoms with E-state index in [1.54, 1.807) is 18.2 Å². The van der Waals surface area contributed by atoms with Crippen molar-refractivity contribution in [1.29, 1.82) is 0 Å². The fraction of sp³-hybridized carbons (Fsp3) is 0.406. The van der Waals surface area contributed by atoms with Gasteiger partial charge in [0.15, 0.2) is 5.76 Å². The number of carboxylic acids is 1. The van der Waals surface area contributed by atoms with Crippen molar-refractivity contribution in [1.82, 2.24) is 30.2 Å². The monoisotopic (exact) mass is 600 g/mol. The van der Waals surface area contributed by atoms with E-state index in [1.165, 1.54) is 12.1 Å². The van der Waals surface area contributed by atoms with Crippen LogP contribution in [0.2, 0.25) is 0 Å². The highest BCUT2D eigenvalue weighted by atomic mass is 16.5. The summed E-state index contributed by atoms with van der Waals surface area (Å²) in [5.74, 6) is -0.659. The highest BCUT2D eigenvalue weighted by Gasteiger charge is 2.32. The number of nitrogens with one attached hydrogen (secondary N) is 3. The molecule has 4 aromatic rings. The molecule has 2 fully saturated rings. The van der Waals surface area contributed by atoms with Crippen molar-refractivity contribution in [3.05, 3.63) is 87.7 Å². The second-order valence-electron chi connectivity index (χ2n) is 11.7. The zero-order valence-electron chi connectivity index (χ0n) is 24.3. The molecule has 12 heteroatoms. The van der Waals surface area contributed by atoms with E-state index >= 15 is 0 Å². The van der Waals surface area contributed by atoms with Crippen LogP contribution in [0.1, 0.15) is 63.9 Å². The number of carboxylic acid groups (broad SMARTS) is 1. The lowest BCUT2D eigenvalue weighted by Gasteiger charge is -2.36. The predicted octanol–water partition coefficient (Wildman–Crippen LogP) is 2.97. The number of imidazole rings is 1. The minimum atomic E-state index is -1.17. The lowest BCUT2D eigenvalue weighted by Crippen LogP contribution is -2.44. The van der Waals surface area contributed by atoms with E-state index in [0.29, 0.717) is 31.7 Å². The van der Waals surface area contributed by atoms with Gasteiger partial charge in [-0.05, 0) is 74.9 Å². The Morgan fingerprint density at radius 1 is 1.00 bits per heavy atom. The number of carbonyl (C=O) groups is 3. The van der Waals surface area contributed by atoms with Crippen LogP contribution in [0.4, 0.5) is 0 Å². The minimum Gasteiger partial charge on any atom is -0.478 e.